The summed E-state index contributed by atoms with van der Waals surface area (Å²) in [5.41, 5.74) is 0.873. The zero-order valence-corrected chi connectivity index (χ0v) is 14.6. The van der Waals surface area contributed by atoms with E-state index in [2.05, 4.69) is 10.3 Å². The number of halogens is 2. The number of aryl methyl sites for hydroxylation is 1. The lowest BCUT2D eigenvalue weighted by molar-refractivity contribution is 0.0942. The molecule has 1 N–H and O–H groups in total. The number of aromatic nitrogens is 1. The predicted octanol–water partition coefficient (Wildman–Crippen LogP) is 4.95. The molecule has 0 aliphatic carbocycles. The number of nitrogens with one attached hydrogen (secondary N) is 1. The van der Waals surface area contributed by atoms with E-state index in [0.717, 1.165) is 16.0 Å². The number of hydrogen-bond acceptors (Lipinski definition) is 4. The summed E-state index contributed by atoms with van der Waals surface area (Å²) in [4.78, 5) is 18.4. The summed E-state index contributed by atoms with van der Waals surface area (Å²) in [6.07, 6.45) is 0. The van der Waals surface area contributed by atoms with Crippen LogP contribution in [0.2, 0.25) is 0 Å². The number of carbonyl (C=O) groups is 1. The van der Waals surface area contributed by atoms with E-state index in [4.69, 9.17) is 0 Å². The molecule has 2 aromatic heterocycles. The SMILES string of the molecule is Cc1nc(-c2cccs2)sc1C(=O)NC(C)c1ccc(F)cc1F. The summed E-state index contributed by atoms with van der Waals surface area (Å²) in [7, 11) is 0. The van der Waals surface area contributed by atoms with Gasteiger partial charge < -0.3 is 5.32 Å². The molecule has 0 aliphatic heterocycles. The van der Waals surface area contributed by atoms with Gasteiger partial charge in [-0.15, -0.1) is 22.7 Å². The number of thiophene rings is 1. The van der Waals surface area contributed by atoms with Crippen molar-refractivity contribution >= 4 is 28.6 Å². The van der Waals surface area contributed by atoms with Crippen molar-refractivity contribution in [1.82, 2.24) is 10.3 Å². The first-order chi connectivity index (χ1) is 11.5. The molecule has 0 saturated heterocycles. The number of nitrogens with zero attached hydrogens (tertiary/aromatic N) is 1. The molecule has 0 radical (unpaired) electrons. The van der Waals surface area contributed by atoms with Gasteiger partial charge in [-0.2, -0.15) is 0 Å². The van der Waals surface area contributed by atoms with Gasteiger partial charge in [0.25, 0.3) is 5.91 Å². The summed E-state index contributed by atoms with van der Waals surface area (Å²) >= 11 is 2.86. The van der Waals surface area contributed by atoms with Crippen molar-refractivity contribution in [2.24, 2.45) is 0 Å². The van der Waals surface area contributed by atoms with Crippen molar-refractivity contribution in [2.75, 3.05) is 0 Å². The molecule has 0 bridgehead atoms. The van der Waals surface area contributed by atoms with Crippen molar-refractivity contribution in [3.8, 4) is 9.88 Å². The van der Waals surface area contributed by atoms with Crippen molar-refractivity contribution in [1.29, 1.82) is 0 Å². The zero-order chi connectivity index (χ0) is 17.3. The highest BCUT2D eigenvalue weighted by Crippen LogP contribution is 2.31. The number of rotatable bonds is 4. The molecular weight excluding hydrogens is 350 g/mol. The number of benzene rings is 1. The molecule has 0 fully saturated rings. The van der Waals surface area contributed by atoms with Crippen molar-refractivity contribution in [2.45, 2.75) is 19.9 Å². The molecular formula is C17H14F2N2OS2. The molecule has 3 aromatic rings. The Labute approximate surface area is 146 Å². The van der Waals surface area contributed by atoms with Crippen molar-refractivity contribution in [3.05, 3.63) is 63.5 Å². The van der Waals surface area contributed by atoms with Crippen LogP contribution in [0.5, 0.6) is 0 Å². The smallest absolute Gasteiger partial charge is 0.263 e. The third-order valence-corrected chi connectivity index (χ3v) is 5.71. The van der Waals surface area contributed by atoms with Gasteiger partial charge in [0, 0.05) is 11.6 Å². The molecule has 0 aliphatic rings. The van der Waals surface area contributed by atoms with Gasteiger partial charge in [-0.25, -0.2) is 13.8 Å². The quantitative estimate of drug-likeness (QED) is 0.712. The minimum atomic E-state index is -0.678. The summed E-state index contributed by atoms with van der Waals surface area (Å²) in [5, 5.41) is 5.48. The van der Waals surface area contributed by atoms with Gasteiger partial charge in [0.1, 0.15) is 21.5 Å². The van der Waals surface area contributed by atoms with Crippen LogP contribution in [0.4, 0.5) is 8.78 Å². The van der Waals surface area contributed by atoms with E-state index in [0.29, 0.717) is 10.6 Å². The van der Waals surface area contributed by atoms with Gasteiger partial charge in [0.2, 0.25) is 0 Å². The predicted molar refractivity (Wildman–Crippen MR) is 92.4 cm³/mol. The Bertz CT molecular complexity index is 875. The Balaban J connectivity index is 1.80. The van der Waals surface area contributed by atoms with E-state index >= 15 is 0 Å². The third kappa shape index (κ3) is 3.37. The van der Waals surface area contributed by atoms with E-state index in [1.54, 1.807) is 25.2 Å². The normalized spacial score (nSPS) is 12.2. The van der Waals surface area contributed by atoms with E-state index in [1.165, 1.54) is 23.5 Å². The largest absolute Gasteiger partial charge is 0.345 e. The van der Waals surface area contributed by atoms with Crippen LogP contribution < -0.4 is 5.32 Å². The Morgan fingerprint density at radius 3 is 2.75 bits per heavy atom. The number of amides is 1. The highest BCUT2D eigenvalue weighted by atomic mass is 32.1. The molecule has 24 heavy (non-hydrogen) atoms. The topological polar surface area (TPSA) is 42.0 Å². The first-order valence-corrected chi connectivity index (χ1v) is 8.92. The Morgan fingerprint density at radius 2 is 2.08 bits per heavy atom. The van der Waals surface area contributed by atoms with E-state index in [1.807, 2.05) is 17.5 Å². The lowest BCUT2D eigenvalue weighted by atomic mass is 10.1. The second-order valence-electron chi connectivity index (χ2n) is 5.27. The molecule has 7 heteroatoms. The van der Waals surface area contributed by atoms with E-state index in [-0.39, 0.29) is 11.5 Å². The number of carbonyl (C=O) groups excluding carboxylic acids is 1. The van der Waals surface area contributed by atoms with Gasteiger partial charge in [0.15, 0.2) is 0 Å². The fourth-order valence-corrected chi connectivity index (χ4v) is 4.07. The van der Waals surface area contributed by atoms with Crippen LogP contribution in [-0.4, -0.2) is 10.9 Å². The van der Waals surface area contributed by atoms with Gasteiger partial charge >= 0.3 is 0 Å². The van der Waals surface area contributed by atoms with Crippen molar-refractivity contribution in [3.63, 3.8) is 0 Å². The van der Waals surface area contributed by atoms with Crippen LogP contribution in [0.15, 0.2) is 35.7 Å². The van der Waals surface area contributed by atoms with E-state index < -0.39 is 17.7 Å². The van der Waals surface area contributed by atoms with Crippen LogP contribution >= 0.6 is 22.7 Å². The monoisotopic (exact) mass is 364 g/mol. The maximum atomic E-state index is 13.8. The second kappa shape index (κ2) is 6.78. The maximum Gasteiger partial charge on any atom is 0.263 e. The molecule has 2 heterocycles. The van der Waals surface area contributed by atoms with E-state index in [9.17, 15) is 13.6 Å². The molecule has 0 spiro atoms. The van der Waals surface area contributed by atoms with Gasteiger partial charge in [0.05, 0.1) is 16.6 Å². The lowest BCUT2D eigenvalue weighted by Crippen LogP contribution is -2.27. The Hall–Kier alpha value is -2.12. The van der Waals surface area contributed by atoms with Crippen LogP contribution in [0.1, 0.15) is 33.9 Å². The average molecular weight is 364 g/mol. The number of thiazole rings is 1. The van der Waals surface area contributed by atoms with Crippen LogP contribution in [0.3, 0.4) is 0 Å². The summed E-state index contributed by atoms with van der Waals surface area (Å²) in [5.74, 6) is -1.64. The molecule has 3 rings (SSSR count). The highest BCUT2D eigenvalue weighted by Gasteiger charge is 2.20. The Kier molecular flexibility index (Phi) is 4.73. The first kappa shape index (κ1) is 16.7. The average Bonchev–Trinajstić information content (AvgIpc) is 3.15. The fourth-order valence-electron chi connectivity index (χ4n) is 2.31. The summed E-state index contributed by atoms with van der Waals surface area (Å²) < 4.78 is 26.8. The van der Waals surface area contributed by atoms with Crippen molar-refractivity contribution < 1.29 is 13.6 Å². The molecule has 1 aromatic carbocycles. The highest BCUT2D eigenvalue weighted by molar-refractivity contribution is 7.22. The second-order valence-corrected chi connectivity index (χ2v) is 7.22. The third-order valence-electron chi connectivity index (χ3n) is 3.51. The standard InChI is InChI=1S/C17H14F2N2OS2/c1-9(12-6-5-11(18)8-13(12)19)20-16(22)15-10(2)21-17(24-15)14-4-3-7-23-14/h3-9H,1-2H3,(H,20,22). The van der Waals surface area contributed by atoms with Crippen LogP contribution in [0.25, 0.3) is 9.88 Å². The minimum Gasteiger partial charge on any atom is -0.345 e. The van der Waals surface area contributed by atoms with Gasteiger partial charge in [-0.05, 0) is 31.4 Å². The molecule has 3 nitrogen and oxygen atoms in total. The zero-order valence-electron chi connectivity index (χ0n) is 13.0. The molecule has 1 amide bonds. The Morgan fingerprint density at radius 1 is 1.29 bits per heavy atom. The maximum absolute atomic E-state index is 13.8. The number of hydrogen-bond donors (Lipinski definition) is 1. The van der Waals surface area contributed by atoms with Crippen LogP contribution in [0, 0.1) is 18.6 Å². The molecule has 0 saturated carbocycles. The first-order valence-electron chi connectivity index (χ1n) is 7.23. The van der Waals surface area contributed by atoms with Gasteiger partial charge in [-0.1, -0.05) is 12.1 Å². The van der Waals surface area contributed by atoms with Gasteiger partial charge in [-0.3, -0.25) is 4.79 Å². The molecule has 124 valence electrons. The minimum absolute atomic E-state index is 0.241. The van der Waals surface area contributed by atoms with Crippen LogP contribution in [-0.2, 0) is 0 Å². The molecule has 1 unspecified atom stereocenters. The molecule has 1 atom stereocenters. The lowest BCUT2D eigenvalue weighted by Gasteiger charge is -2.14. The summed E-state index contributed by atoms with van der Waals surface area (Å²) in [6, 6.07) is 6.62. The summed E-state index contributed by atoms with van der Waals surface area (Å²) in [6.45, 7) is 3.43. The fraction of sp³-hybridized carbons (Fsp3) is 0.176.